The van der Waals surface area contributed by atoms with Crippen LogP contribution in [0.4, 0.5) is 11.5 Å². The Morgan fingerprint density at radius 2 is 1.74 bits per heavy atom. The Morgan fingerprint density at radius 1 is 1.03 bits per heavy atom. The molecule has 0 N–H and O–H groups in total. The summed E-state index contributed by atoms with van der Waals surface area (Å²) in [7, 11) is 0. The van der Waals surface area contributed by atoms with Gasteiger partial charge in [-0.2, -0.15) is 9.61 Å². The number of anilines is 2. The van der Waals surface area contributed by atoms with E-state index in [4.69, 9.17) is 10.1 Å². The van der Waals surface area contributed by atoms with Crippen molar-refractivity contribution in [1.29, 1.82) is 0 Å². The first kappa shape index (κ1) is 21.9. The normalized spacial score (nSPS) is 16.4. The molecule has 4 nitrogen and oxygen atoms in total. The van der Waals surface area contributed by atoms with Gasteiger partial charge in [0, 0.05) is 29.1 Å². The molecule has 2 aromatic heterocycles. The van der Waals surface area contributed by atoms with Crippen LogP contribution < -0.4 is 4.90 Å². The SMILES string of the molecule is CCC(CC)Cc1c(C)cc(C)c(N2c3c(c(C)nc4cc(C)nn34)CCC2C)c1C. The molecule has 1 atom stereocenters. The maximum Gasteiger partial charge on any atom is 0.157 e. The molecule has 0 aliphatic carbocycles. The largest absolute Gasteiger partial charge is 0.323 e. The lowest BCUT2D eigenvalue weighted by Gasteiger charge is -2.40. The molecule has 0 spiro atoms. The highest BCUT2D eigenvalue weighted by Crippen LogP contribution is 2.43. The molecular weight excluding hydrogens is 380 g/mol. The number of fused-ring (bicyclic) bond motifs is 3. The first-order valence-electron chi connectivity index (χ1n) is 12.0. The van der Waals surface area contributed by atoms with E-state index in [0.717, 1.165) is 35.8 Å². The Hall–Kier alpha value is -2.36. The number of hydrogen-bond donors (Lipinski definition) is 0. The van der Waals surface area contributed by atoms with Gasteiger partial charge in [0.25, 0.3) is 0 Å². The molecular formula is C27H38N4. The van der Waals surface area contributed by atoms with E-state index in [1.54, 1.807) is 0 Å². The number of aryl methyl sites for hydroxylation is 4. The minimum atomic E-state index is 0.420. The van der Waals surface area contributed by atoms with Crippen molar-refractivity contribution in [3.05, 3.63) is 51.3 Å². The van der Waals surface area contributed by atoms with Crippen LogP contribution in [0.1, 0.15) is 79.2 Å². The molecule has 0 radical (unpaired) electrons. The highest BCUT2D eigenvalue weighted by atomic mass is 15.4. The molecule has 0 saturated carbocycles. The Kier molecular flexibility index (Phi) is 5.85. The monoisotopic (exact) mass is 418 g/mol. The summed E-state index contributed by atoms with van der Waals surface area (Å²) in [6.45, 7) is 18.1. The summed E-state index contributed by atoms with van der Waals surface area (Å²) in [6.07, 6.45) is 5.83. The third-order valence-corrected chi connectivity index (χ3v) is 7.46. The summed E-state index contributed by atoms with van der Waals surface area (Å²) in [5.74, 6) is 1.96. The number of aromatic nitrogens is 3. The summed E-state index contributed by atoms with van der Waals surface area (Å²) in [5, 5.41) is 4.86. The Labute approximate surface area is 187 Å². The van der Waals surface area contributed by atoms with E-state index in [9.17, 15) is 0 Å². The van der Waals surface area contributed by atoms with Gasteiger partial charge in [-0.05, 0) is 89.0 Å². The van der Waals surface area contributed by atoms with E-state index in [0.29, 0.717) is 6.04 Å². The maximum atomic E-state index is 4.87. The zero-order chi connectivity index (χ0) is 22.4. The smallest absolute Gasteiger partial charge is 0.157 e. The highest BCUT2D eigenvalue weighted by molar-refractivity contribution is 5.75. The van der Waals surface area contributed by atoms with E-state index in [1.165, 1.54) is 58.6 Å². The summed E-state index contributed by atoms with van der Waals surface area (Å²) in [4.78, 5) is 7.45. The van der Waals surface area contributed by atoms with Crippen LogP contribution in [0, 0.1) is 40.5 Å². The fourth-order valence-corrected chi connectivity index (χ4v) is 5.57. The maximum absolute atomic E-state index is 4.87. The van der Waals surface area contributed by atoms with Crippen LogP contribution in [-0.2, 0) is 12.8 Å². The van der Waals surface area contributed by atoms with Crippen molar-refractivity contribution in [3.8, 4) is 0 Å². The predicted molar refractivity (Wildman–Crippen MR) is 131 cm³/mol. The van der Waals surface area contributed by atoms with Gasteiger partial charge in [-0.25, -0.2) is 4.98 Å². The number of hydrogen-bond acceptors (Lipinski definition) is 3. The van der Waals surface area contributed by atoms with E-state index < -0.39 is 0 Å². The zero-order valence-corrected chi connectivity index (χ0v) is 20.6. The fourth-order valence-electron chi connectivity index (χ4n) is 5.57. The molecule has 3 heterocycles. The van der Waals surface area contributed by atoms with Gasteiger partial charge < -0.3 is 4.90 Å². The third-order valence-electron chi connectivity index (χ3n) is 7.46. The first-order chi connectivity index (χ1) is 14.8. The van der Waals surface area contributed by atoms with Crippen molar-refractivity contribution in [2.45, 2.75) is 93.5 Å². The Morgan fingerprint density at radius 3 is 2.42 bits per heavy atom. The topological polar surface area (TPSA) is 33.4 Å². The number of nitrogens with zero attached hydrogens (tertiary/aromatic N) is 4. The second-order valence-electron chi connectivity index (χ2n) is 9.66. The van der Waals surface area contributed by atoms with Gasteiger partial charge in [0.15, 0.2) is 5.65 Å². The molecule has 1 aliphatic rings. The van der Waals surface area contributed by atoms with Crippen molar-refractivity contribution in [1.82, 2.24) is 14.6 Å². The van der Waals surface area contributed by atoms with E-state index in [1.807, 2.05) is 0 Å². The lowest BCUT2D eigenvalue weighted by Crippen LogP contribution is -2.37. The second kappa shape index (κ2) is 8.29. The average Bonchev–Trinajstić information content (AvgIpc) is 3.09. The van der Waals surface area contributed by atoms with Crippen molar-refractivity contribution in [2.75, 3.05) is 4.90 Å². The molecule has 0 bridgehead atoms. The summed E-state index contributed by atoms with van der Waals surface area (Å²) in [5.41, 5.74) is 11.6. The molecule has 1 unspecified atom stereocenters. The van der Waals surface area contributed by atoms with Gasteiger partial charge in [-0.1, -0.05) is 32.8 Å². The van der Waals surface area contributed by atoms with E-state index in [-0.39, 0.29) is 0 Å². The average molecular weight is 419 g/mol. The quantitative estimate of drug-likeness (QED) is 0.461. The molecule has 4 rings (SSSR count). The molecule has 31 heavy (non-hydrogen) atoms. The molecule has 0 fully saturated rings. The first-order valence-corrected chi connectivity index (χ1v) is 12.0. The van der Waals surface area contributed by atoms with Gasteiger partial charge in [0.05, 0.1) is 5.69 Å². The third kappa shape index (κ3) is 3.64. The number of rotatable bonds is 5. The molecule has 4 heteroatoms. The summed E-state index contributed by atoms with van der Waals surface area (Å²) in [6, 6.07) is 4.92. The fraction of sp³-hybridized carbons (Fsp3) is 0.556. The number of benzene rings is 1. The molecule has 0 amide bonds. The van der Waals surface area contributed by atoms with Gasteiger partial charge in [0.2, 0.25) is 0 Å². The van der Waals surface area contributed by atoms with Crippen molar-refractivity contribution in [2.24, 2.45) is 5.92 Å². The predicted octanol–water partition coefficient (Wildman–Crippen LogP) is 6.72. The van der Waals surface area contributed by atoms with Crippen molar-refractivity contribution in [3.63, 3.8) is 0 Å². The molecule has 0 saturated heterocycles. The van der Waals surface area contributed by atoms with Crippen molar-refractivity contribution >= 4 is 17.2 Å². The van der Waals surface area contributed by atoms with E-state index in [2.05, 4.69) is 76.9 Å². The van der Waals surface area contributed by atoms with Crippen LogP contribution >= 0.6 is 0 Å². The van der Waals surface area contributed by atoms with Crippen LogP contribution in [-0.4, -0.2) is 20.6 Å². The molecule has 3 aromatic rings. The second-order valence-corrected chi connectivity index (χ2v) is 9.66. The minimum Gasteiger partial charge on any atom is -0.323 e. The van der Waals surface area contributed by atoms with Crippen LogP contribution in [0.3, 0.4) is 0 Å². The summed E-state index contributed by atoms with van der Waals surface area (Å²) < 4.78 is 2.09. The lowest BCUT2D eigenvalue weighted by atomic mass is 9.86. The summed E-state index contributed by atoms with van der Waals surface area (Å²) >= 11 is 0. The van der Waals surface area contributed by atoms with Gasteiger partial charge >= 0.3 is 0 Å². The van der Waals surface area contributed by atoms with Gasteiger partial charge in [-0.3, -0.25) is 0 Å². The Balaban J connectivity index is 1.97. The van der Waals surface area contributed by atoms with Crippen LogP contribution in [0.25, 0.3) is 5.65 Å². The Bertz CT molecular complexity index is 1120. The van der Waals surface area contributed by atoms with E-state index >= 15 is 0 Å². The van der Waals surface area contributed by atoms with Crippen LogP contribution in [0.15, 0.2) is 12.1 Å². The molecule has 166 valence electrons. The van der Waals surface area contributed by atoms with Crippen LogP contribution in [0.5, 0.6) is 0 Å². The van der Waals surface area contributed by atoms with Gasteiger partial charge in [-0.15, -0.1) is 0 Å². The minimum absolute atomic E-state index is 0.420. The zero-order valence-electron chi connectivity index (χ0n) is 20.6. The van der Waals surface area contributed by atoms with Gasteiger partial charge in [0.1, 0.15) is 5.82 Å². The lowest BCUT2D eigenvalue weighted by molar-refractivity contribution is 0.488. The molecule has 1 aliphatic heterocycles. The van der Waals surface area contributed by atoms with Crippen molar-refractivity contribution < 1.29 is 0 Å². The standard InChI is InChI=1S/C27H38N4/c1-9-22(10-2)15-24-16(3)13-17(4)26(20(24)7)30-19(6)11-12-23-21(8)28-25-14-18(5)29-31(25)27(23)30/h13-14,19,22H,9-12,15H2,1-8H3. The van der Waals surface area contributed by atoms with Crippen LogP contribution in [0.2, 0.25) is 0 Å². The molecule has 1 aromatic carbocycles. The highest BCUT2D eigenvalue weighted by Gasteiger charge is 2.32.